The molecule has 1 aromatic carbocycles. The number of carbonyl (C=O) groups excluding carboxylic acids is 1. The summed E-state index contributed by atoms with van der Waals surface area (Å²) in [6.07, 6.45) is 9.10. The number of benzene rings is 1. The molecule has 242 valence electrons. The smallest absolute Gasteiger partial charge is 0.254 e. The van der Waals surface area contributed by atoms with E-state index in [-0.39, 0.29) is 23.1 Å². The molecule has 1 atom stereocenters. The first-order valence-corrected chi connectivity index (χ1v) is 17.5. The van der Waals surface area contributed by atoms with E-state index in [1.807, 2.05) is 35.7 Å². The maximum absolute atomic E-state index is 14.5. The van der Waals surface area contributed by atoms with E-state index >= 15 is 0 Å². The number of anilines is 1. The van der Waals surface area contributed by atoms with Gasteiger partial charge in [-0.15, -0.1) is 0 Å². The van der Waals surface area contributed by atoms with Gasteiger partial charge in [0.15, 0.2) is 11.6 Å². The number of pyridine rings is 1. The van der Waals surface area contributed by atoms with Crippen LogP contribution in [0.5, 0.6) is 5.75 Å². The zero-order chi connectivity index (χ0) is 31.9. The summed E-state index contributed by atoms with van der Waals surface area (Å²) in [5, 5.41) is 3.12. The van der Waals surface area contributed by atoms with Crippen LogP contribution in [0, 0.1) is 5.82 Å². The number of ether oxygens (including phenoxy) is 1. The molecule has 0 bridgehead atoms. The van der Waals surface area contributed by atoms with Gasteiger partial charge < -0.3 is 19.5 Å². The molecule has 0 radical (unpaired) electrons. The van der Waals surface area contributed by atoms with Crippen molar-refractivity contribution in [3.63, 3.8) is 0 Å². The molecule has 3 aromatic rings. The summed E-state index contributed by atoms with van der Waals surface area (Å²) < 4.78 is 47.7. The summed E-state index contributed by atoms with van der Waals surface area (Å²) in [5.41, 5.74) is 4.34. The number of aromatic nitrogens is 3. The van der Waals surface area contributed by atoms with E-state index in [0.717, 1.165) is 41.9 Å². The van der Waals surface area contributed by atoms with Gasteiger partial charge in [-0.1, -0.05) is 12.5 Å². The Hall–Kier alpha value is -3.55. The first-order valence-electron chi connectivity index (χ1n) is 15.6. The maximum atomic E-state index is 14.5. The first kappa shape index (κ1) is 31.4. The molecule has 1 amide bonds. The van der Waals surface area contributed by atoms with Crippen LogP contribution in [0.4, 0.5) is 10.3 Å². The molecular weight excluding hydrogens is 597 g/mol. The highest BCUT2D eigenvalue weighted by atomic mass is 32.2. The van der Waals surface area contributed by atoms with Gasteiger partial charge in [-0.2, -0.15) is 4.31 Å². The third-order valence-corrected chi connectivity index (χ3v) is 10.9. The molecule has 3 aliphatic rings. The van der Waals surface area contributed by atoms with Crippen LogP contribution >= 0.6 is 0 Å². The highest BCUT2D eigenvalue weighted by Gasteiger charge is 2.49. The highest BCUT2D eigenvalue weighted by molar-refractivity contribution is 7.88. The normalized spacial score (nSPS) is 19.3. The van der Waals surface area contributed by atoms with Gasteiger partial charge in [0.2, 0.25) is 16.0 Å². The Morgan fingerprint density at radius 1 is 1.11 bits per heavy atom. The molecule has 1 saturated carbocycles. The van der Waals surface area contributed by atoms with Gasteiger partial charge in [0.05, 0.1) is 37.3 Å². The molecule has 6 rings (SSSR count). The molecule has 2 fully saturated rings. The number of hydrogen-bond donors (Lipinski definition) is 1. The predicted molar refractivity (Wildman–Crippen MR) is 169 cm³/mol. The maximum Gasteiger partial charge on any atom is 0.254 e. The number of halogens is 1. The standard InChI is InChI=1S/C32H42FN7O4S/c1-5-44-28-17-27(36-18-26(28)33)22(2)40-21-32(7-6-8-32)29-24(20-37-11-13-39(14-12-37)45(4,42)43)15-23(16-25(29)30(40)41)19-38-10-9-35-31(38)34-3/h9-10,15-18,22H,5-8,11-14,19-21H2,1-4H3,(H,34,35)/t22-/m0/s1. The predicted octanol–water partition coefficient (Wildman–Crippen LogP) is 3.62. The molecule has 2 aromatic heterocycles. The van der Waals surface area contributed by atoms with Crippen molar-refractivity contribution in [1.82, 2.24) is 28.6 Å². The number of carbonyl (C=O) groups is 1. The number of amides is 1. The summed E-state index contributed by atoms with van der Waals surface area (Å²) in [4.78, 5) is 27.4. The Bertz CT molecular complexity index is 1680. The van der Waals surface area contributed by atoms with E-state index in [4.69, 9.17) is 4.74 Å². The molecular formula is C32H42FN7O4S. The summed E-state index contributed by atoms with van der Waals surface area (Å²) in [7, 11) is -1.41. The van der Waals surface area contributed by atoms with Crippen LogP contribution in [0.25, 0.3) is 0 Å². The summed E-state index contributed by atoms with van der Waals surface area (Å²) in [6, 6.07) is 5.48. The number of nitrogens with zero attached hydrogens (tertiary/aromatic N) is 6. The molecule has 13 heteroatoms. The molecule has 1 aliphatic carbocycles. The average Bonchev–Trinajstić information content (AvgIpc) is 3.44. The van der Waals surface area contributed by atoms with Crippen molar-refractivity contribution in [2.75, 3.05) is 58.0 Å². The molecule has 0 unspecified atom stereocenters. The number of sulfonamides is 1. The topological polar surface area (TPSA) is 113 Å². The van der Waals surface area contributed by atoms with Crippen molar-refractivity contribution in [3.8, 4) is 5.75 Å². The molecule has 1 saturated heterocycles. The van der Waals surface area contributed by atoms with E-state index in [1.165, 1.54) is 16.8 Å². The van der Waals surface area contributed by atoms with Crippen LogP contribution in [0.1, 0.15) is 71.9 Å². The lowest BCUT2D eigenvalue weighted by atomic mass is 9.60. The Morgan fingerprint density at radius 2 is 1.87 bits per heavy atom. The van der Waals surface area contributed by atoms with E-state index in [0.29, 0.717) is 63.7 Å². The van der Waals surface area contributed by atoms with Crippen molar-refractivity contribution in [2.24, 2.45) is 0 Å². The lowest BCUT2D eigenvalue weighted by molar-refractivity contribution is 0.0480. The molecule has 45 heavy (non-hydrogen) atoms. The third-order valence-electron chi connectivity index (χ3n) is 9.61. The second-order valence-corrected chi connectivity index (χ2v) is 14.4. The van der Waals surface area contributed by atoms with E-state index in [2.05, 4.69) is 26.3 Å². The molecule has 1 spiro atoms. The van der Waals surface area contributed by atoms with Crippen LogP contribution in [0.3, 0.4) is 0 Å². The van der Waals surface area contributed by atoms with Crippen molar-refractivity contribution >= 4 is 21.9 Å². The van der Waals surface area contributed by atoms with Crippen LogP contribution in [0.15, 0.2) is 36.8 Å². The van der Waals surface area contributed by atoms with Crippen molar-refractivity contribution in [3.05, 3.63) is 70.6 Å². The van der Waals surface area contributed by atoms with Crippen LogP contribution in [0.2, 0.25) is 0 Å². The van der Waals surface area contributed by atoms with Crippen LogP contribution in [-0.4, -0.2) is 95.6 Å². The van der Waals surface area contributed by atoms with Crippen molar-refractivity contribution in [2.45, 2.75) is 57.7 Å². The van der Waals surface area contributed by atoms with E-state index in [1.54, 1.807) is 19.2 Å². The zero-order valence-electron chi connectivity index (χ0n) is 26.4. The van der Waals surface area contributed by atoms with Crippen LogP contribution < -0.4 is 10.1 Å². The highest BCUT2D eigenvalue weighted by Crippen LogP contribution is 2.51. The minimum Gasteiger partial charge on any atom is -0.491 e. The second-order valence-electron chi connectivity index (χ2n) is 12.5. The van der Waals surface area contributed by atoms with Crippen molar-refractivity contribution in [1.29, 1.82) is 0 Å². The molecule has 2 aliphatic heterocycles. The van der Waals surface area contributed by atoms with Crippen molar-refractivity contribution < 1.29 is 22.3 Å². The Labute approximate surface area is 264 Å². The fraction of sp³-hybridized carbons (Fsp3) is 0.531. The fourth-order valence-corrected chi connectivity index (χ4v) is 7.97. The van der Waals surface area contributed by atoms with E-state index < -0.39 is 15.8 Å². The van der Waals surface area contributed by atoms with Crippen LogP contribution in [-0.2, 0) is 28.5 Å². The molecule has 11 nitrogen and oxygen atoms in total. The lowest BCUT2D eigenvalue weighted by Gasteiger charge is -2.52. The molecule has 4 heterocycles. The second kappa shape index (κ2) is 12.3. The SMILES string of the molecule is CCOc1cc([C@H](C)N2CC3(CCC3)c3c(CN4CCN(S(C)(=O)=O)CC4)cc(Cn4ccnc4NC)cc3C2=O)ncc1F. The van der Waals surface area contributed by atoms with Gasteiger partial charge >= 0.3 is 0 Å². The summed E-state index contributed by atoms with van der Waals surface area (Å²) in [5.74, 6) is 0.281. The fourth-order valence-electron chi connectivity index (χ4n) is 7.15. The van der Waals surface area contributed by atoms with Gasteiger partial charge in [-0.3, -0.25) is 14.7 Å². The minimum atomic E-state index is -3.24. The number of fused-ring (bicyclic) bond motifs is 2. The Kier molecular flexibility index (Phi) is 8.61. The number of imidazole rings is 1. The number of nitrogens with one attached hydrogen (secondary N) is 1. The largest absolute Gasteiger partial charge is 0.491 e. The van der Waals surface area contributed by atoms with Gasteiger partial charge in [-0.25, -0.2) is 17.8 Å². The number of hydrogen-bond acceptors (Lipinski definition) is 8. The van der Waals surface area contributed by atoms with Gasteiger partial charge in [0, 0.05) is 75.8 Å². The molecule has 1 N–H and O–H groups in total. The van der Waals surface area contributed by atoms with Gasteiger partial charge in [-0.05, 0) is 49.4 Å². The quantitative estimate of drug-likeness (QED) is 0.358. The first-order chi connectivity index (χ1) is 21.5. The number of rotatable bonds is 10. The number of piperazine rings is 1. The van der Waals surface area contributed by atoms with Gasteiger partial charge in [0.25, 0.3) is 5.91 Å². The van der Waals surface area contributed by atoms with E-state index in [9.17, 15) is 17.6 Å². The monoisotopic (exact) mass is 639 g/mol. The minimum absolute atomic E-state index is 0.0661. The average molecular weight is 640 g/mol. The summed E-state index contributed by atoms with van der Waals surface area (Å²) in [6.45, 7) is 7.96. The Balaban J connectivity index is 1.39. The van der Waals surface area contributed by atoms with Gasteiger partial charge in [0.1, 0.15) is 0 Å². The Morgan fingerprint density at radius 3 is 2.51 bits per heavy atom. The third kappa shape index (κ3) is 6.05. The summed E-state index contributed by atoms with van der Waals surface area (Å²) >= 11 is 0. The lowest BCUT2D eigenvalue weighted by Crippen LogP contribution is -2.54. The zero-order valence-corrected chi connectivity index (χ0v) is 27.2.